The minimum atomic E-state index is -0.452. The molecule has 8 aromatic carbocycles. The summed E-state index contributed by atoms with van der Waals surface area (Å²) in [6.07, 6.45) is 5.10. The Balaban J connectivity index is 1.08. The summed E-state index contributed by atoms with van der Waals surface area (Å²) >= 11 is 1.83. The second kappa shape index (κ2) is 12.5. The number of nitrogens with one attached hydrogen (secondary N) is 1. The topological polar surface area (TPSA) is 36.8 Å². The average Bonchev–Trinajstić information content (AvgIpc) is 3.90. The van der Waals surface area contributed by atoms with Crippen molar-refractivity contribution >= 4 is 70.8 Å². The van der Waals surface area contributed by atoms with Gasteiger partial charge in [0.05, 0.1) is 0 Å². The maximum absolute atomic E-state index is 5.45. The number of aliphatic imine (C=N–C) groups is 2. The van der Waals surface area contributed by atoms with Crippen LogP contribution in [0, 0.1) is 0 Å². The first-order valence-corrected chi connectivity index (χ1v) is 19.3. The van der Waals surface area contributed by atoms with Crippen molar-refractivity contribution < 1.29 is 0 Å². The molecule has 54 heavy (non-hydrogen) atoms. The Labute approximate surface area is 317 Å². The van der Waals surface area contributed by atoms with Crippen molar-refractivity contribution in [1.29, 1.82) is 0 Å². The van der Waals surface area contributed by atoms with E-state index in [9.17, 15) is 0 Å². The summed E-state index contributed by atoms with van der Waals surface area (Å²) in [6, 6.07) is 58.9. The van der Waals surface area contributed by atoms with Crippen molar-refractivity contribution in [2.45, 2.75) is 12.6 Å². The first-order valence-electron chi connectivity index (χ1n) is 18.5. The van der Waals surface area contributed by atoms with Gasteiger partial charge in [0.15, 0.2) is 6.17 Å². The molecule has 0 saturated carbocycles. The second-order valence-corrected chi connectivity index (χ2v) is 15.2. The summed E-state index contributed by atoms with van der Waals surface area (Å²) in [5, 5.41) is 11.4. The van der Waals surface area contributed by atoms with Crippen LogP contribution >= 0.6 is 11.3 Å². The molecule has 2 heterocycles. The predicted octanol–water partition coefficient (Wildman–Crippen LogP) is 12.8. The molecule has 1 N–H and O–H groups in total. The van der Waals surface area contributed by atoms with E-state index in [1.165, 1.54) is 69.5 Å². The lowest BCUT2D eigenvalue weighted by atomic mass is 9.90. The van der Waals surface area contributed by atoms with Gasteiger partial charge in [0.2, 0.25) is 0 Å². The van der Waals surface area contributed by atoms with Gasteiger partial charge < -0.3 is 5.32 Å². The SMILES string of the molecule is C1=Cc2c(c3ccc(-c4cccc(C5=NC(c6cc(-c7ccccc7)cc7sc8ccccc8c67)N=C(c6ccccc6)N5)c4)cc3c3ccccc23)C1. The molecule has 0 fully saturated rings. The molecule has 1 unspecified atom stereocenters. The Bertz CT molecular complexity index is 3040. The molecule has 2 aliphatic rings. The minimum Gasteiger partial charge on any atom is -0.324 e. The highest BCUT2D eigenvalue weighted by Gasteiger charge is 2.25. The van der Waals surface area contributed by atoms with E-state index in [1.807, 2.05) is 17.4 Å². The van der Waals surface area contributed by atoms with E-state index >= 15 is 0 Å². The zero-order chi connectivity index (χ0) is 35.6. The molecule has 0 radical (unpaired) electrons. The lowest BCUT2D eigenvalue weighted by molar-refractivity contribution is 0.763. The fraction of sp³-hybridized carbons (Fsp3) is 0.0400. The third-order valence-corrected chi connectivity index (χ3v) is 12.1. The Kier molecular flexibility index (Phi) is 7.17. The van der Waals surface area contributed by atoms with Crippen LogP contribution in [0.5, 0.6) is 0 Å². The van der Waals surface area contributed by atoms with Crippen molar-refractivity contribution in [3.63, 3.8) is 0 Å². The maximum Gasteiger partial charge on any atom is 0.170 e. The number of benzene rings is 8. The van der Waals surface area contributed by atoms with Gasteiger partial charge in [-0.2, -0.15) is 0 Å². The number of fused-ring (bicyclic) bond motifs is 9. The van der Waals surface area contributed by atoms with Crippen LogP contribution in [0.15, 0.2) is 180 Å². The summed E-state index contributed by atoms with van der Waals surface area (Å²) in [5.41, 5.74) is 10.6. The van der Waals surface area contributed by atoms with Crippen molar-refractivity contribution in [2.24, 2.45) is 9.98 Å². The standard InChI is InChI=1S/C50H33N3S/c1-3-13-31(14-4-1)36-29-44(47-42-21-9-10-24-45(42)54-46(47)30-36)50-52-48(32-15-5-2-6-16-32)51-49(53-50)35-18-11-17-33(27-35)34-25-26-41-39-23-12-22-38(39)37-19-7-8-20-40(37)43(41)28-34/h1-22,24-30,50H,23H2,(H,51,52,53). The summed E-state index contributed by atoms with van der Waals surface area (Å²) in [5.74, 6) is 1.62. The summed E-state index contributed by atoms with van der Waals surface area (Å²) in [6.45, 7) is 0. The number of hydrogen-bond donors (Lipinski definition) is 1. The van der Waals surface area contributed by atoms with Gasteiger partial charge in [-0.25, -0.2) is 9.98 Å². The molecular weight excluding hydrogens is 675 g/mol. The van der Waals surface area contributed by atoms with E-state index in [-0.39, 0.29) is 0 Å². The molecule has 0 amide bonds. The zero-order valence-electron chi connectivity index (χ0n) is 29.3. The van der Waals surface area contributed by atoms with Gasteiger partial charge in [-0.15, -0.1) is 11.3 Å². The maximum atomic E-state index is 5.45. The second-order valence-electron chi connectivity index (χ2n) is 14.1. The fourth-order valence-electron chi connectivity index (χ4n) is 8.39. The van der Waals surface area contributed by atoms with Crippen LogP contribution < -0.4 is 5.32 Å². The third-order valence-electron chi connectivity index (χ3n) is 10.9. The van der Waals surface area contributed by atoms with E-state index < -0.39 is 6.17 Å². The van der Waals surface area contributed by atoms with E-state index in [0.29, 0.717) is 0 Å². The van der Waals surface area contributed by atoms with Crippen molar-refractivity contribution in [3.05, 3.63) is 198 Å². The number of thiophene rings is 1. The highest BCUT2D eigenvalue weighted by atomic mass is 32.1. The van der Waals surface area contributed by atoms with Gasteiger partial charge in [0.1, 0.15) is 11.7 Å². The molecule has 0 saturated heterocycles. The summed E-state index contributed by atoms with van der Waals surface area (Å²) in [7, 11) is 0. The third kappa shape index (κ3) is 5.10. The monoisotopic (exact) mass is 707 g/mol. The van der Waals surface area contributed by atoms with Crippen molar-refractivity contribution in [1.82, 2.24) is 5.32 Å². The lowest BCUT2D eigenvalue weighted by Crippen LogP contribution is -2.36. The van der Waals surface area contributed by atoms with Crippen LogP contribution in [-0.4, -0.2) is 11.7 Å². The molecule has 254 valence electrons. The highest BCUT2D eigenvalue weighted by molar-refractivity contribution is 7.25. The van der Waals surface area contributed by atoms with Crippen LogP contribution in [0.25, 0.3) is 70.0 Å². The number of rotatable bonds is 5. The molecule has 3 nitrogen and oxygen atoms in total. The van der Waals surface area contributed by atoms with Crippen LogP contribution in [0.4, 0.5) is 0 Å². The first kappa shape index (κ1) is 31.0. The molecule has 11 rings (SSSR count). The lowest BCUT2D eigenvalue weighted by Gasteiger charge is -2.23. The molecule has 0 bridgehead atoms. The van der Waals surface area contributed by atoms with Gasteiger partial charge >= 0.3 is 0 Å². The Morgan fingerprint density at radius 2 is 1.13 bits per heavy atom. The van der Waals surface area contributed by atoms with Crippen LogP contribution in [0.1, 0.15) is 34.0 Å². The number of hydrogen-bond acceptors (Lipinski definition) is 4. The summed E-state index contributed by atoms with van der Waals surface area (Å²) < 4.78 is 2.51. The molecule has 0 spiro atoms. The van der Waals surface area contributed by atoms with Crippen LogP contribution in [0.2, 0.25) is 0 Å². The van der Waals surface area contributed by atoms with E-state index in [4.69, 9.17) is 9.98 Å². The normalized spacial score (nSPS) is 15.1. The van der Waals surface area contributed by atoms with Crippen LogP contribution in [0.3, 0.4) is 0 Å². The highest BCUT2D eigenvalue weighted by Crippen LogP contribution is 2.43. The zero-order valence-corrected chi connectivity index (χ0v) is 30.1. The molecule has 1 aromatic heterocycles. The number of amidine groups is 2. The average molecular weight is 708 g/mol. The Hall–Kier alpha value is -6.62. The fourth-order valence-corrected chi connectivity index (χ4v) is 9.57. The van der Waals surface area contributed by atoms with E-state index in [0.717, 1.165) is 40.3 Å². The van der Waals surface area contributed by atoms with Gasteiger partial charge in [0.25, 0.3) is 0 Å². The predicted molar refractivity (Wildman–Crippen MR) is 230 cm³/mol. The summed E-state index contributed by atoms with van der Waals surface area (Å²) in [4.78, 5) is 10.8. The molecule has 4 heteroatoms. The largest absolute Gasteiger partial charge is 0.324 e. The first-order chi connectivity index (χ1) is 26.7. The van der Waals surface area contributed by atoms with Gasteiger partial charge in [-0.05, 0) is 91.7 Å². The Morgan fingerprint density at radius 1 is 0.463 bits per heavy atom. The van der Waals surface area contributed by atoms with Crippen LogP contribution in [-0.2, 0) is 6.42 Å². The van der Waals surface area contributed by atoms with Gasteiger partial charge in [-0.3, -0.25) is 0 Å². The smallest absolute Gasteiger partial charge is 0.170 e. The van der Waals surface area contributed by atoms with E-state index in [2.05, 4.69) is 175 Å². The molecule has 1 atom stereocenters. The van der Waals surface area contributed by atoms with E-state index in [1.54, 1.807) is 0 Å². The number of nitrogens with zero attached hydrogens (tertiary/aromatic N) is 2. The molecule has 9 aromatic rings. The molecule has 1 aliphatic carbocycles. The Morgan fingerprint density at radius 3 is 1.96 bits per heavy atom. The quantitative estimate of drug-likeness (QED) is 0.178. The van der Waals surface area contributed by atoms with Gasteiger partial charge in [0, 0.05) is 36.9 Å². The van der Waals surface area contributed by atoms with Crippen molar-refractivity contribution in [3.8, 4) is 22.3 Å². The number of allylic oxidation sites excluding steroid dienone is 1. The molecule has 1 aliphatic heterocycles. The van der Waals surface area contributed by atoms with Gasteiger partial charge in [-0.1, -0.05) is 146 Å². The van der Waals surface area contributed by atoms with Crippen molar-refractivity contribution in [2.75, 3.05) is 0 Å². The minimum absolute atomic E-state index is 0.452. The molecular formula is C50H33N3S.